The molecule has 2 heterocycles. The van der Waals surface area contributed by atoms with Crippen LogP contribution in [0.2, 0.25) is 0 Å². The normalized spacial score (nSPS) is 16.8. The molecule has 1 atom stereocenters. The first-order valence-corrected chi connectivity index (χ1v) is 8.75. The molecule has 0 bridgehead atoms. The third-order valence-corrected chi connectivity index (χ3v) is 4.49. The second-order valence-electron chi connectivity index (χ2n) is 6.27. The van der Waals surface area contributed by atoms with E-state index >= 15 is 0 Å². The molecule has 0 spiro atoms. The fraction of sp³-hybridized carbons (Fsp3) is 0.400. The highest BCUT2D eigenvalue weighted by Crippen LogP contribution is 2.28. The van der Waals surface area contributed by atoms with Gasteiger partial charge >= 0.3 is 0 Å². The number of hydrogen-bond donors (Lipinski definition) is 0. The fourth-order valence-corrected chi connectivity index (χ4v) is 3.15. The Balaban J connectivity index is 1.60. The number of aromatic nitrogens is 1. The summed E-state index contributed by atoms with van der Waals surface area (Å²) < 4.78 is 16.5. The van der Waals surface area contributed by atoms with Crippen molar-refractivity contribution in [1.29, 1.82) is 0 Å². The average molecular weight is 356 g/mol. The first-order valence-electron chi connectivity index (χ1n) is 8.75. The first-order chi connectivity index (χ1) is 12.7. The molecule has 1 aliphatic rings. The number of likely N-dealkylation sites (tertiary alicyclic amines) is 1. The summed E-state index contributed by atoms with van der Waals surface area (Å²) in [6, 6.07) is 9.25. The molecule has 0 aliphatic carbocycles. The second-order valence-corrected chi connectivity index (χ2v) is 6.27. The molecule has 1 amide bonds. The predicted octanol–water partition coefficient (Wildman–Crippen LogP) is 2.71. The van der Waals surface area contributed by atoms with Crippen LogP contribution >= 0.6 is 0 Å². The number of hydrogen-bond acceptors (Lipinski definition) is 5. The summed E-state index contributed by atoms with van der Waals surface area (Å²) in [6.07, 6.45) is 5.65. The van der Waals surface area contributed by atoms with Crippen LogP contribution < -0.4 is 14.2 Å². The van der Waals surface area contributed by atoms with E-state index in [0.717, 1.165) is 30.7 Å². The number of piperidine rings is 1. The Labute approximate surface area is 153 Å². The van der Waals surface area contributed by atoms with Crippen LogP contribution in [0.25, 0.3) is 0 Å². The number of methoxy groups -OCH3 is 2. The molecule has 1 unspecified atom stereocenters. The summed E-state index contributed by atoms with van der Waals surface area (Å²) in [4.78, 5) is 18.6. The van der Waals surface area contributed by atoms with Crippen molar-refractivity contribution < 1.29 is 19.0 Å². The number of amides is 1. The van der Waals surface area contributed by atoms with Gasteiger partial charge in [0.05, 0.1) is 27.2 Å². The van der Waals surface area contributed by atoms with Gasteiger partial charge in [-0.15, -0.1) is 0 Å². The summed E-state index contributed by atoms with van der Waals surface area (Å²) in [6.45, 7) is 1.37. The van der Waals surface area contributed by atoms with Gasteiger partial charge in [0.2, 0.25) is 5.91 Å². The molecular formula is C20H24N2O4. The third kappa shape index (κ3) is 4.45. The highest BCUT2D eigenvalue weighted by Gasteiger charge is 2.25. The highest BCUT2D eigenvalue weighted by molar-refractivity contribution is 5.79. The molecule has 3 rings (SSSR count). The van der Waals surface area contributed by atoms with Gasteiger partial charge in [-0.3, -0.25) is 9.78 Å². The Bertz CT molecular complexity index is 736. The molecule has 0 radical (unpaired) electrons. The van der Waals surface area contributed by atoms with Crippen LogP contribution in [0.5, 0.6) is 17.2 Å². The second kappa shape index (κ2) is 8.56. The molecule has 138 valence electrons. The molecule has 1 aromatic heterocycles. The zero-order valence-electron chi connectivity index (χ0n) is 15.2. The lowest BCUT2D eigenvalue weighted by Crippen LogP contribution is -2.45. The number of carbonyl (C=O) groups is 1. The SMILES string of the molecule is COc1ccc(CC(=O)N2CCCC(Oc3ccncc3)C2)cc1OC. The maximum atomic E-state index is 12.7. The van der Waals surface area contributed by atoms with Crippen LogP contribution in [0.3, 0.4) is 0 Å². The van der Waals surface area contributed by atoms with Gasteiger partial charge in [-0.05, 0) is 42.7 Å². The molecule has 0 N–H and O–H groups in total. The van der Waals surface area contributed by atoms with Gasteiger partial charge in [-0.25, -0.2) is 0 Å². The van der Waals surface area contributed by atoms with Crippen LogP contribution in [-0.4, -0.2) is 49.2 Å². The van der Waals surface area contributed by atoms with Gasteiger partial charge in [0.1, 0.15) is 11.9 Å². The summed E-state index contributed by atoms with van der Waals surface area (Å²) in [5, 5.41) is 0. The van der Waals surface area contributed by atoms with Gasteiger partial charge < -0.3 is 19.1 Å². The van der Waals surface area contributed by atoms with Gasteiger partial charge in [0.25, 0.3) is 0 Å². The van der Waals surface area contributed by atoms with Crippen LogP contribution in [-0.2, 0) is 11.2 Å². The summed E-state index contributed by atoms with van der Waals surface area (Å²) in [7, 11) is 3.19. The number of nitrogens with zero attached hydrogens (tertiary/aromatic N) is 2. The Hall–Kier alpha value is -2.76. The summed E-state index contributed by atoms with van der Waals surface area (Å²) in [5.41, 5.74) is 0.907. The number of rotatable bonds is 6. The predicted molar refractivity (Wildman–Crippen MR) is 97.7 cm³/mol. The lowest BCUT2D eigenvalue weighted by molar-refractivity contribution is -0.133. The molecule has 1 aliphatic heterocycles. The van der Waals surface area contributed by atoms with Gasteiger partial charge in [0, 0.05) is 18.9 Å². The maximum absolute atomic E-state index is 12.7. The Morgan fingerprint density at radius 3 is 2.65 bits per heavy atom. The van der Waals surface area contributed by atoms with E-state index < -0.39 is 0 Å². The van der Waals surface area contributed by atoms with Gasteiger partial charge in [-0.1, -0.05) is 6.07 Å². The molecule has 0 saturated carbocycles. The lowest BCUT2D eigenvalue weighted by Gasteiger charge is -2.33. The minimum Gasteiger partial charge on any atom is -0.493 e. The van der Waals surface area contributed by atoms with Crippen LogP contribution in [0.1, 0.15) is 18.4 Å². The topological polar surface area (TPSA) is 60.9 Å². The van der Waals surface area contributed by atoms with E-state index in [1.807, 2.05) is 35.2 Å². The number of pyridine rings is 1. The molecule has 6 nitrogen and oxygen atoms in total. The van der Waals surface area contributed by atoms with E-state index in [0.29, 0.717) is 24.5 Å². The average Bonchev–Trinajstić information content (AvgIpc) is 2.69. The van der Waals surface area contributed by atoms with Crippen molar-refractivity contribution in [2.45, 2.75) is 25.4 Å². The Kier molecular flexibility index (Phi) is 5.94. The molecule has 1 fully saturated rings. The van der Waals surface area contributed by atoms with E-state index in [1.54, 1.807) is 26.6 Å². The zero-order chi connectivity index (χ0) is 18.4. The van der Waals surface area contributed by atoms with E-state index in [9.17, 15) is 4.79 Å². The van der Waals surface area contributed by atoms with Crippen molar-refractivity contribution in [3.63, 3.8) is 0 Å². The largest absolute Gasteiger partial charge is 0.493 e. The minimum absolute atomic E-state index is 0.0144. The van der Waals surface area contributed by atoms with Crippen molar-refractivity contribution in [2.75, 3.05) is 27.3 Å². The molecular weight excluding hydrogens is 332 g/mol. The Morgan fingerprint density at radius 2 is 1.92 bits per heavy atom. The van der Waals surface area contributed by atoms with E-state index in [2.05, 4.69) is 4.98 Å². The zero-order valence-corrected chi connectivity index (χ0v) is 15.2. The Morgan fingerprint density at radius 1 is 1.15 bits per heavy atom. The number of ether oxygens (including phenoxy) is 3. The fourth-order valence-electron chi connectivity index (χ4n) is 3.15. The molecule has 1 saturated heterocycles. The maximum Gasteiger partial charge on any atom is 0.227 e. The third-order valence-electron chi connectivity index (χ3n) is 4.49. The smallest absolute Gasteiger partial charge is 0.227 e. The van der Waals surface area contributed by atoms with Crippen LogP contribution in [0.4, 0.5) is 0 Å². The van der Waals surface area contributed by atoms with Crippen molar-refractivity contribution >= 4 is 5.91 Å². The molecule has 26 heavy (non-hydrogen) atoms. The van der Waals surface area contributed by atoms with Crippen LogP contribution in [0.15, 0.2) is 42.7 Å². The van der Waals surface area contributed by atoms with E-state index in [1.165, 1.54) is 0 Å². The van der Waals surface area contributed by atoms with Crippen molar-refractivity contribution in [3.05, 3.63) is 48.3 Å². The van der Waals surface area contributed by atoms with Gasteiger partial charge in [0.15, 0.2) is 11.5 Å². The van der Waals surface area contributed by atoms with E-state index in [4.69, 9.17) is 14.2 Å². The number of benzene rings is 1. The summed E-state index contributed by atoms with van der Waals surface area (Å²) in [5.74, 6) is 2.18. The minimum atomic E-state index is 0.0144. The highest BCUT2D eigenvalue weighted by atomic mass is 16.5. The van der Waals surface area contributed by atoms with Crippen molar-refractivity contribution in [3.8, 4) is 17.2 Å². The van der Waals surface area contributed by atoms with Crippen LogP contribution in [0, 0.1) is 0 Å². The lowest BCUT2D eigenvalue weighted by atomic mass is 10.1. The number of carbonyl (C=O) groups excluding carboxylic acids is 1. The quantitative estimate of drug-likeness (QED) is 0.796. The molecule has 6 heteroatoms. The van der Waals surface area contributed by atoms with Crippen molar-refractivity contribution in [2.24, 2.45) is 0 Å². The van der Waals surface area contributed by atoms with Gasteiger partial charge in [-0.2, -0.15) is 0 Å². The standard InChI is InChI=1S/C20H24N2O4/c1-24-18-6-5-15(12-19(18)25-2)13-20(23)22-11-3-4-17(14-22)26-16-7-9-21-10-8-16/h5-10,12,17H,3-4,11,13-14H2,1-2H3. The monoisotopic (exact) mass is 356 g/mol. The molecule has 1 aromatic carbocycles. The molecule has 2 aromatic rings. The van der Waals surface area contributed by atoms with E-state index in [-0.39, 0.29) is 12.0 Å². The van der Waals surface area contributed by atoms with Crippen molar-refractivity contribution in [1.82, 2.24) is 9.88 Å². The summed E-state index contributed by atoms with van der Waals surface area (Å²) >= 11 is 0. The first kappa shape index (κ1) is 18.0.